The van der Waals surface area contributed by atoms with E-state index in [1.165, 1.54) is 12.5 Å². The van der Waals surface area contributed by atoms with E-state index >= 15 is 0 Å². The number of nitro groups is 1. The molecular formula is C10H4Br2FN3O3. The number of ether oxygens (including phenoxy) is 1. The Hall–Kier alpha value is -1.61. The normalized spacial score (nSPS) is 10.3. The molecule has 1 heterocycles. The zero-order valence-corrected chi connectivity index (χ0v) is 12.2. The third-order valence-corrected chi connectivity index (χ3v) is 3.19. The highest BCUT2D eigenvalue weighted by molar-refractivity contribution is 9.10. The highest BCUT2D eigenvalue weighted by atomic mass is 79.9. The van der Waals surface area contributed by atoms with Crippen LogP contribution in [0, 0.1) is 15.9 Å². The lowest BCUT2D eigenvalue weighted by Crippen LogP contribution is -1.97. The van der Waals surface area contributed by atoms with Gasteiger partial charge in [0.25, 0.3) is 0 Å². The number of hydrogen-bond acceptors (Lipinski definition) is 5. The van der Waals surface area contributed by atoms with Crippen molar-refractivity contribution in [1.82, 2.24) is 9.97 Å². The third-order valence-electron chi connectivity index (χ3n) is 2.04. The molecule has 0 radical (unpaired) electrons. The van der Waals surface area contributed by atoms with Crippen LogP contribution in [0.15, 0.2) is 33.6 Å². The Kier molecular flexibility index (Phi) is 4.05. The second-order valence-electron chi connectivity index (χ2n) is 3.27. The Bertz CT molecular complexity index is 654. The number of benzene rings is 1. The predicted octanol–water partition coefficient (Wildman–Crippen LogP) is 3.84. The van der Waals surface area contributed by atoms with Gasteiger partial charge in [0.05, 0.1) is 13.9 Å². The molecule has 98 valence electrons. The SMILES string of the molecule is O=[N+]([O-])c1cc(Br)c(F)cc1Oc1ncncc1Br. The van der Waals surface area contributed by atoms with Gasteiger partial charge in [0, 0.05) is 18.3 Å². The van der Waals surface area contributed by atoms with Crippen LogP contribution in [0.3, 0.4) is 0 Å². The molecule has 19 heavy (non-hydrogen) atoms. The summed E-state index contributed by atoms with van der Waals surface area (Å²) in [6.45, 7) is 0. The summed E-state index contributed by atoms with van der Waals surface area (Å²) in [5.74, 6) is -0.865. The summed E-state index contributed by atoms with van der Waals surface area (Å²) in [5.41, 5.74) is -0.376. The van der Waals surface area contributed by atoms with Gasteiger partial charge in [0.2, 0.25) is 11.6 Å². The molecule has 0 spiro atoms. The maximum Gasteiger partial charge on any atom is 0.312 e. The summed E-state index contributed by atoms with van der Waals surface area (Å²) < 4.78 is 19.0. The molecule has 0 aliphatic carbocycles. The molecule has 0 aliphatic heterocycles. The van der Waals surface area contributed by atoms with Crippen LogP contribution in [-0.2, 0) is 0 Å². The topological polar surface area (TPSA) is 78.2 Å². The summed E-state index contributed by atoms with van der Waals surface area (Å²) in [5, 5.41) is 10.9. The molecule has 2 rings (SSSR count). The number of halogens is 3. The molecule has 0 saturated heterocycles. The Morgan fingerprint density at radius 3 is 2.68 bits per heavy atom. The van der Waals surface area contributed by atoms with Crippen LogP contribution < -0.4 is 4.74 Å². The summed E-state index contributed by atoms with van der Waals surface area (Å²) in [6, 6.07) is 1.94. The van der Waals surface area contributed by atoms with Gasteiger partial charge in [-0.05, 0) is 31.9 Å². The van der Waals surface area contributed by atoms with Gasteiger partial charge in [0.15, 0.2) is 0 Å². The van der Waals surface area contributed by atoms with Crippen LogP contribution in [-0.4, -0.2) is 14.9 Å². The maximum absolute atomic E-state index is 13.4. The molecule has 1 aromatic carbocycles. The predicted molar refractivity (Wildman–Crippen MR) is 70.6 cm³/mol. The van der Waals surface area contributed by atoms with Crippen molar-refractivity contribution in [1.29, 1.82) is 0 Å². The monoisotopic (exact) mass is 391 g/mol. The molecule has 0 N–H and O–H groups in total. The van der Waals surface area contributed by atoms with Gasteiger partial charge in [-0.2, -0.15) is 0 Å². The zero-order valence-electron chi connectivity index (χ0n) is 9.01. The van der Waals surface area contributed by atoms with Gasteiger partial charge in [-0.1, -0.05) is 0 Å². The first kappa shape index (κ1) is 13.8. The van der Waals surface area contributed by atoms with Crippen molar-refractivity contribution in [3.05, 3.63) is 49.5 Å². The Labute approximate surface area is 123 Å². The van der Waals surface area contributed by atoms with Gasteiger partial charge in [0.1, 0.15) is 12.1 Å². The van der Waals surface area contributed by atoms with Crippen LogP contribution in [0.5, 0.6) is 11.6 Å². The van der Waals surface area contributed by atoms with Gasteiger partial charge >= 0.3 is 5.69 Å². The smallest absolute Gasteiger partial charge is 0.312 e. The van der Waals surface area contributed by atoms with Crippen molar-refractivity contribution in [3.8, 4) is 11.6 Å². The van der Waals surface area contributed by atoms with Crippen LogP contribution >= 0.6 is 31.9 Å². The number of aromatic nitrogens is 2. The largest absolute Gasteiger partial charge is 0.430 e. The molecule has 1 aromatic heterocycles. The van der Waals surface area contributed by atoms with Gasteiger partial charge in [-0.25, -0.2) is 14.4 Å². The maximum atomic E-state index is 13.4. The van der Waals surface area contributed by atoms with E-state index in [9.17, 15) is 14.5 Å². The number of hydrogen-bond donors (Lipinski definition) is 0. The number of nitro benzene ring substituents is 1. The molecule has 0 atom stereocenters. The highest BCUT2D eigenvalue weighted by Crippen LogP contribution is 2.36. The fourth-order valence-corrected chi connectivity index (χ4v) is 1.86. The van der Waals surface area contributed by atoms with Crippen molar-refractivity contribution in [2.75, 3.05) is 0 Å². The van der Waals surface area contributed by atoms with E-state index in [2.05, 4.69) is 41.8 Å². The van der Waals surface area contributed by atoms with Gasteiger partial charge < -0.3 is 4.74 Å². The fourth-order valence-electron chi connectivity index (χ4n) is 1.22. The summed E-state index contributed by atoms with van der Waals surface area (Å²) in [4.78, 5) is 17.7. The molecule has 0 amide bonds. The first-order valence-corrected chi connectivity index (χ1v) is 6.34. The van der Waals surface area contributed by atoms with E-state index in [1.54, 1.807) is 0 Å². The Morgan fingerprint density at radius 2 is 2.05 bits per heavy atom. The van der Waals surface area contributed by atoms with Crippen LogP contribution in [0.1, 0.15) is 0 Å². The molecule has 0 unspecified atom stereocenters. The first-order chi connectivity index (χ1) is 8.99. The average Bonchev–Trinajstić information content (AvgIpc) is 2.36. The van der Waals surface area contributed by atoms with E-state index in [0.717, 1.165) is 12.1 Å². The van der Waals surface area contributed by atoms with Crippen LogP contribution in [0.25, 0.3) is 0 Å². The van der Waals surface area contributed by atoms with E-state index in [-0.39, 0.29) is 21.8 Å². The van der Waals surface area contributed by atoms with E-state index in [4.69, 9.17) is 4.74 Å². The van der Waals surface area contributed by atoms with E-state index in [0.29, 0.717) is 4.47 Å². The highest BCUT2D eigenvalue weighted by Gasteiger charge is 2.20. The van der Waals surface area contributed by atoms with Crippen LogP contribution in [0.4, 0.5) is 10.1 Å². The molecule has 0 aliphatic rings. The van der Waals surface area contributed by atoms with Gasteiger partial charge in [-0.3, -0.25) is 10.1 Å². The third kappa shape index (κ3) is 3.04. The minimum Gasteiger partial charge on any atom is -0.430 e. The first-order valence-electron chi connectivity index (χ1n) is 4.76. The number of nitrogens with zero attached hydrogens (tertiary/aromatic N) is 3. The lowest BCUT2D eigenvalue weighted by molar-refractivity contribution is -0.385. The molecule has 0 saturated carbocycles. The molecule has 2 aromatic rings. The molecular weight excluding hydrogens is 389 g/mol. The molecule has 6 nitrogen and oxygen atoms in total. The fraction of sp³-hybridized carbons (Fsp3) is 0. The lowest BCUT2D eigenvalue weighted by Gasteiger charge is -2.07. The minimum absolute atomic E-state index is 0.0201. The lowest BCUT2D eigenvalue weighted by atomic mass is 10.3. The quantitative estimate of drug-likeness (QED) is 0.585. The Morgan fingerprint density at radius 1 is 1.32 bits per heavy atom. The molecule has 0 fully saturated rings. The van der Waals surface area contributed by atoms with Crippen molar-refractivity contribution in [3.63, 3.8) is 0 Å². The summed E-state index contributed by atoms with van der Waals surface area (Å²) in [7, 11) is 0. The standard InChI is InChI=1S/C10H4Br2FN3O3/c11-5-1-8(16(17)18)9(2-7(5)13)19-10-6(12)3-14-4-15-10/h1-4H. The molecule has 9 heteroatoms. The second-order valence-corrected chi connectivity index (χ2v) is 4.98. The van der Waals surface area contributed by atoms with E-state index < -0.39 is 10.7 Å². The van der Waals surface area contributed by atoms with E-state index in [1.807, 2.05) is 0 Å². The van der Waals surface area contributed by atoms with Crippen molar-refractivity contribution >= 4 is 37.5 Å². The van der Waals surface area contributed by atoms with Crippen LogP contribution in [0.2, 0.25) is 0 Å². The summed E-state index contributed by atoms with van der Waals surface area (Å²) in [6.07, 6.45) is 2.62. The zero-order chi connectivity index (χ0) is 14.0. The van der Waals surface area contributed by atoms with Gasteiger partial charge in [-0.15, -0.1) is 0 Å². The second kappa shape index (κ2) is 5.57. The minimum atomic E-state index is -0.675. The van der Waals surface area contributed by atoms with Crippen molar-refractivity contribution in [2.45, 2.75) is 0 Å². The molecule has 0 bridgehead atoms. The Balaban J connectivity index is 2.48. The summed E-state index contributed by atoms with van der Waals surface area (Å²) >= 11 is 6.00. The average molecular weight is 393 g/mol. The van der Waals surface area contributed by atoms with Crippen molar-refractivity contribution < 1.29 is 14.1 Å². The van der Waals surface area contributed by atoms with Crippen molar-refractivity contribution in [2.24, 2.45) is 0 Å². The number of rotatable bonds is 3.